The molecule has 3 N–H and O–H groups in total. The van der Waals surface area contributed by atoms with Crippen molar-refractivity contribution in [2.75, 3.05) is 6.54 Å². The van der Waals surface area contributed by atoms with Crippen LogP contribution in [0.5, 0.6) is 0 Å². The minimum absolute atomic E-state index is 0.0709. The molecule has 5 nitrogen and oxygen atoms in total. The van der Waals surface area contributed by atoms with E-state index in [1.165, 1.54) is 11.3 Å². The van der Waals surface area contributed by atoms with Gasteiger partial charge in [0.15, 0.2) is 0 Å². The molecule has 1 aromatic rings. The molecule has 1 aliphatic rings. The number of hydrogen-bond donors (Lipinski definition) is 3. The fourth-order valence-corrected chi connectivity index (χ4v) is 3.41. The van der Waals surface area contributed by atoms with Crippen LogP contribution in [-0.2, 0) is 15.2 Å². The Labute approximate surface area is 121 Å². The number of carboxylic acid groups (broad SMARTS) is 1. The van der Waals surface area contributed by atoms with Crippen LogP contribution in [0.2, 0.25) is 0 Å². The van der Waals surface area contributed by atoms with Crippen molar-refractivity contribution in [2.24, 2.45) is 17.3 Å². The molecular formula is C14H19NO4S. The minimum Gasteiger partial charge on any atom is -0.481 e. The van der Waals surface area contributed by atoms with Gasteiger partial charge < -0.3 is 15.5 Å². The van der Waals surface area contributed by atoms with Crippen LogP contribution in [0.15, 0.2) is 16.8 Å². The smallest absolute Gasteiger partial charge is 0.307 e. The van der Waals surface area contributed by atoms with Crippen LogP contribution in [0.4, 0.5) is 0 Å². The second kappa shape index (κ2) is 4.86. The molecule has 0 bridgehead atoms. The third kappa shape index (κ3) is 2.58. The third-order valence-electron chi connectivity index (χ3n) is 4.13. The Balaban J connectivity index is 1.96. The number of nitrogens with one attached hydrogen (secondary N) is 1. The van der Waals surface area contributed by atoms with E-state index in [1.54, 1.807) is 26.8 Å². The van der Waals surface area contributed by atoms with Gasteiger partial charge in [0, 0.05) is 0 Å². The summed E-state index contributed by atoms with van der Waals surface area (Å²) in [5.74, 6) is -2.43. The van der Waals surface area contributed by atoms with E-state index in [0.29, 0.717) is 0 Å². The predicted octanol–water partition coefficient (Wildman–Crippen LogP) is 1.43. The summed E-state index contributed by atoms with van der Waals surface area (Å²) in [6, 6.07) is 1.80. The second-order valence-corrected chi connectivity index (χ2v) is 6.90. The fraction of sp³-hybridized carbons (Fsp3) is 0.571. The van der Waals surface area contributed by atoms with Crippen LogP contribution in [0, 0.1) is 17.3 Å². The Morgan fingerprint density at radius 2 is 2.10 bits per heavy atom. The lowest BCUT2D eigenvalue weighted by atomic mass is 9.99. The van der Waals surface area contributed by atoms with Crippen LogP contribution >= 0.6 is 11.3 Å². The first-order chi connectivity index (χ1) is 9.18. The summed E-state index contributed by atoms with van der Waals surface area (Å²) in [7, 11) is 0. The highest BCUT2D eigenvalue weighted by molar-refractivity contribution is 7.08. The molecule has 20 heavy (non-hydrogen) atoms. The van der Waals surface area contributed by atoms with Crippen molar-refractivity contribution < 1.29 is 19.8 Å². The predicted molar refractivity (Wildman–Crippen MR) is 75.3 cm³/mol. The van der Waals surface area contributed by atoms with Crippen molar-refractivity contribution in [1.82, 2.24) is 5.32 Å². The molecular weight excluding hydrogens is 278 g/mol. The summed E-state index contributed by atoms with van der Waals surface area (Å²) in [6.45, 7) is 5.24. The van der Waals surface area contributed by atoms with E-state index >= 15 is 0 Å². The highest BCUT2D eigenvalue weighted by Crippen LogP contribution is 2.58. The quantitative estimate of drug-likeness (QED) is 0.767. The van der Waals surface area contributed by atoms with Gasteiger partial charge in [0.2, 0.25) is 5.91 Å². The molecule has 0 spiro atoms. The third-order valence-corrected chi connectivity index (χ3v) is 4.81. The van der Waals surface area contributed by atoms with Gasteiger partial charge >= 0.3 is 5.97 Å². The summed E-state index contributed by atoms with van der Waals surface area (Å²) in [4.78, 5) is 23.1. The van der Waals surface area contributed by atoms with Gasteiger partial charge in [-0.1, -0.05) is 13.8 Å². The lowest BCUT2D eigenvalue weighted by Crippen LogP contribution is -2.39. The zero-order valence-corrected chi connectivity index (χ0v) is 12.5. The number of rotatable bonds is 5. The fourth-order valence-electron chi connectivity index (χ4n) is 2.63. The van der Waals surface area contributed by atoms with Crippen LogP contribution in [0.3, 0.4) is 0 Å². The molecule has 1 heterocycles. The summed E-state index contributed by atoms with van der Waals surface area (Å²) >= 11 is 1.47. The second-order valence-electron chi connectivity index (χ2n) is 6.12. The molecule has 0 saturated heterocycles. The molecule has 6 heteroatoms. The molecule has 2 rings (SSSR count). The molecule has 0 aliphatic heterocycles. The Morgan fingerprint density at radius 3 is 2.55 bits per heavy atom. The van der Waals surface area contributed by atoms with Crippen LogP contribution in [0.1, 0.15) is 26.3 Å². The standard InChI is InChI=1S/C14H19NO4S/c1-13(2)9(10(13)12(17)18)11(16)15-7-14(3,19)8-4-5-20-6-8/h4-6,9-10,19H,7H2,1-3H3,(H,15,16)(H,17,18)/t9-,10+,14?/m0/s1. The lowest BCUT2D eigenvalue weighted by Gasteiger charge is -2.23. The summed E-state index contributed by atoms with van der Waals surface area (Å²) < 4.78 is 0. The Hall–Kier alpha value is -1.40. The van der Waals surface area contributed by atoms with Gasteiger partial charge in [0.25, 0.3) is 0 Å². The Morgan fingerprint density at radius 1 is 1.45 bits per heavy atom. The molecule has 0 radical (unpaired) electrons. The molecule has 3 atom stereocenters. The molecule has 0 aromatic carbocycles. The van der Waals surface area contributed by atoms with Crippen molar-refractivity contribution in [1.29, 1.82) is 0 Å². The van der Waals surface area contributed by atoms with Crippen LogP contribution in [0.25, 0.3) is 0 Å². The highest BCUT2D eigenvalue weighted by Gasteiger charge is 2.65. The normalized spacial score (nSPS) is 26.6. The van der Waals surface area contributed by atoms with Crippen molar-refractivity contribution in [3.8, 4) is 0 Å². The lowest BCUT2D eigenvalue weighted by molar-refractivity contribution is -0.140. The molecule has 1 amide bonds. The zero-order valence-electron chi connectivity index (χ0n) is 11.7. The van der Waals surface area contributed by atoms with E-state index in [1.807, 2.05) is 10.8 Å². The molecule has 1 unspecified atom stereocenters. The molecule has 1 aromatic heterocycles. The first-order valence-corrected chi connectivity index (χ1v) is 7.38. The number of hydrogen-bond acceptors (Lipinski definition) is 4. The first kappa shape index (κ1) is 15.0. The van der Waals surface area contributed by atoms with E-state index in [4.69, 9.17) is 5.11 Å². The minimum atomic E-state index is -1.15. The van der Waals surface area contributed by atoms with Gasteiger partial charge in [-0.15, -0.1) is 0 Å². The molecule has 1 aliphatic carbocycles. The van der Waals surface area contributed by atoms with E-state index in [-0.39, 0.29) is 12.5 Å². The van der Waals surface area contributed by atoms with Gasteiger partial charge in [-0.3, -0.25) is 9.59 Å². The first-order valence-electron chi connectivity index (χ1n) is 6.43. The summed E-state index contributed by atoms with van der Waals surface area (Å²) in [6.07, 6.45) is 0. The van der Waals surface area contributed by atoms with E-state index < -0.39 is 28.8 Å². The molecule has 1 fully saturated rings. The Bertz CT molecular complexity index is 521. The number of amides is 1. The number of carbonyl (C=O) groups excluding carboxylic acids is 1. The van der Waals surface area contributed by atoms with E-state index in [9.17, 15) is 14.7 Å². The van der Waals surface area contributed by atoms with Crippen molar-refractivity contribution in [3.05, 3.63) is 22.4 Å². The van der Waals surface area contributed by atoms with Gasteiger partial charge in [-0.2, -0.15) is 11.3 Å². The average Bonchev–Trinajstić information content (AvgIpc) is 2.76. The summed E-state index contributed by atoms with van der Waals surface area (Å²) in [5, 5.41) is 25.7. The number of aliphatic hydroxyl groups is 1. The maximum atomic E-state index is 12.1. The largest absolute Gasteiger partial charge is 0.481 e. The van der Waals surface area contributed by atoms with Crippen LogP contribution in [-0.4, -0.2) is 28.6 Å². The van der Waals surface area contributed by atoms with E-state index in [2.05, 4.69) is 5.32 Å². The number of carbonyl (C=O) groups is 2. The average molecular weight is 297 g/mol. The van der Waals surface area contributed by atoms with Crippen molar-refractivity contribution in [3.63, 3.8) is 0 Å². The molecule has 1 saturated carbocycles. The zero-order chi connectivity index (χ0) is 15.1. The SMILES string of the molecule is CC(O)(CNC(=O)[C@@H]1[C@H](C(=O)O)C1(C)C)c1ccsc1. The number of thiophene rings is 1. The van der Waals surface area contributed by atoms with Gasteiger partial charge in [-0.25, -0.2) is 0 Å². The summed E-state index contributed by atoms with van der Waals surface area (Å²) in [5.41, 5.74) is -0.926. The Kier molecular flexibility index (Phi) is 3.64. The highest BCUT2D eigenvalue weighted by atomic mass is 32.1. The van der Waals surface area contributed by atoms with Gasteiger partial charge in [-0.05, 0) is 34.7 Å². The number of aliphatic carboxylic acids is 1. The maximum Gasteiger partial charge on any atom is 0.307 e. The van der Waals surface area contributed by atoms with Crippen molar-refractivity contribution in [2.45, 2.75) is 26.4 Å². The van der Waals surface area contributed by atoms with Gasteiger partial charge in [0.05, 0.1) is 18.4 Å². The van der Waals surface area contributed by atoms with Crippen molar-refractivity contribution >= 4 is 23.2 Å². The maximum absolute atomic E-state index is 12.1. The molecule has 110 valence electrons. The van der Waals surface area contributed by atoms with Crippen LogP contribution < -0.4 is 5.32 Å². The topological polar surface area (TPSA) is 86.6 Å². The van der Waals surface area contributed by atoms with Gasteiger partial charge in [0.1, 0.15) is 5.60 Å². The van der Waals surface area contributed by atoms with E-state index in [0.717, 1.165) is 5.56 Å². The monoisotopic (exact) mass is 297 g/mol. The number of carboxylic acids is 1.